The number of halogens is 6. The van der Waals surface area contributed by atoms with Crippen LogP contribution in [0.4, 0.5) is 32.0 Å². The number of ether oxygens (including phenoxy) is 1. The summed E-state index contributed by atoms with van der Waals surface area (Å²) in [5, 5.41) is 0. The predicted octanol–water partition coefficient (Wildman–Crippen LogP) is 5.09. The summed E-state index contributed by atoms with van der Waals surface area (Å²) >= 11 is 0. The first kappa shape index (κ1) is 22.8. The van der Waals surface area contributed by atoms with Gasteiger partial charge in [0.05, 0.1) is 18.2 Å². The van der Waals surface area contributed by atoms with E-state index in [9.17, 15) is 31.1 Å². The molecule has 0 spiro atoms. The molecular formula is C21H20F6N2O2. The maximum atomic E-state index is 13.1. The number of hydrogen-bond acceptors (Lipinski definition) is 3. The van der Waals surface area contributed by atoms with Gasteiger partial charge in [-0.25, -0.2) is 0 Å². The van der Waals surface area contributed by atoms with Crippen molar-refractivity contribution in [2.75, 3.05) is 38.2 Å². The molecule has 0 unspecified atom stereocenters. The van der Waals surface area contributed by atoms with Gasteiger partial charge < -0.3 is 14.5 Å². The van der Waals surface area contributed by atoms with Crippen molar-refractivity contribution in [2.45, 2.75) is 18.8 Å². The largest absolute Gasteiger partial charge is 0.497 e. The van der Waals surface area contributed by atoms with Gasteiger partial charge in [-0.1, -0.05) is 0 Å². The van der Waals surface area contributed by atoms with Gasteiger partial charge in [-0.15, -0.1) is 0 Å². The van der Waals surface area contributed by atoms with E-state index in [1.165, 1.54) is 4.90 Å². The number of anilines is 1. The van der Waals surface area contributed by atoms with Gasteiger partial charge in [0.1, 0.15) is 5.75 Å². The lowest BCUT2D eigenvalue weighted by molar-refractivity contribution is -0.143. The molecule has 0 saturated carbocycles. The molecule has 2 aromatic carbocycles. The number of carbonyl (C=O) groups is 1. The fraction of sp³-hybridized carbons (Fsp3) is 0.381. The van der Waals surface area contributed by atoms with Crippen molar-refractivity contribution in [1.82, 2.24) is 4.90 Å². The molecule has 0 radical (unpaired) electrons. The van der Waals surface area contributed by atoms with Crippen molar-refractivity contribution in [3.8, 4) is 5.75 Å². The molecular weight excluding hydrogens is 426 g/mol. The Morgan fingerprint density at radius 1 is 0.839 bits per heavy atom. The van der Waals surface area contributed by atoms with Crippen LogP contribution in [0.2, 0.25) is 0 Å². The summed E-state index contributed by atoms with van der Waals surface area (Å²) in [4.78, 5) is 16.1. The Kier molecular flexibility index (Phi) is 6.38. The van der Waals surface area contributed by atoms with Gasteiger partial charge in [0.2, 0.25) is 0 Å². The number of benzene rings is 2. The van der Waals surface area contributed by atoms with Crippen molar-refractivity contribution in [3.05, 3.63) is 59.2 Å². The van der Waals surface area contributed by atoms with E-state index in [4.69, 9.17) is 4.74 Å². The van der Waals surface area contributed by atoms with E-state index in [0.29, 0.717) is 37.4 Å². The van der Waals surface area contributed by atoms with Gasteiger partial charge in [0.25, 0.3) is 5.91 Å². The average Bonchev–Trinajstić information content (AvgIpc) is 2.98. The van der Waals surface area contributed by atoms with Gasteiger partial charge in [0.15, 0.2) is 0 Å². The fourth-order valence-electron chi connectivity index (χ4n) is 3.43. The Morgan fingerprint density at radius 3 is 1.94 bits per heavy atom. The molecule has 0 bridgehead atoms. The number of alkyl halides is 6. The van der Waals surface area contributed by atoms with Gasteiger partial charge in [-0.05, 0) is 48.9 Å². The summed E-state index contributed by atoms with van der Waals surface area (Å²) in [6, 6.07) is 8.23. The molecule has 1 aliphatic heterocycles. The molecule has 1 amide bonds. The predicted molar refractivity (Wildman–Crippen MR) is 102 cm³/mol. The van der Waals surface area contributed by atoms with Crippen molar-refractivity contribution in [3.63, 3.8) is 0 Å². The zero-order chi connectivity index (χ0) is 22.8. The van der Waals surface area contributed by atoms with Crippen LogP contribution in [0.3, 0.4) is 0 Å². The lowest BCUT2D eigenvalue weighted by atomic mass is 10.0. The second-order valence-electron chi connectivity index (χ2n) is 7.13. The fourth-order valence-corrected chi connectivity index (χ4v) is 3.43. The van der Waals surface area contributed by atoms with Crippen LogP contribution in [-0.4, -0.2) is 44.1 Å². The second-order valence-corrected chi connectivity index (χ2v) is 7.13. The minimum atomic E-state index is -5.00. The standard InChI is InChI=1S/C21H20F6N2O2/c1-31-18-5-3-17(4-6-18)28-7-2-8-29(10-9-28)19(30)14-11-15(20(22,23)24)13-16(12-14)21(25,26)27/h3-6,11-13H,2,7-10H2,1H3. The van der Waals surface area contributed by atoms with Crippen LogP contribution in [0.15, 0.2) is 42.5 Å². The molecule has 31 heavy (non-hydrogen) atoms. The molecule has 4 nitrogen and oxygen atoms in total. The van der Waals surface area contributed by atoms with E-state index in [-0.39, 0.29) is 19.2 Å². The molecule has 0 aromatic heterocycles. The molecule has 168 valence electrons. The molecule has 2 aromatic rings. The molecule has 0 N–H and O–H groups in total. The van der Waals surface area contributed by atoms with E-state index in [2.05, 4.69) is 0 Å². The van der Waals surface area contributed by atoms with E-state index in [1.54, 1.807) is 19.2 Å². The van der Waals surface area contributed by atoms with Crippen LogP contribution >= 0.6 is 0 Å². The first-order valence-corrected chi connectivity index (χ1v) is 9.47. The van der Waals surface area contributed by atoms with Crippen LogP contribution in [0.1, 0.15) is 27.9 Å². The van der Waals surface area contributed by atoms with Crippen molar-refractivity contribution >= 4 is 11.6 Å². The SMILES string of the molecule is COc1ccc(N2CCCN(C(=O)c3cc(C(F)(F)F)cc(C(F)(F)F)c3)CC2)cc1. The number of rotatable bonds is 3. The van der Waals surface area contributed by atoms with Crippen LogP contribution in [0.5, 0.6) is 5.75 Å². The molecule has 0 aliphatic carbocycles. The lowest BCUT2D eigenvalue weighted by Gasteiger charge is -2.24. The summed E-state index contributed by atoms with van der Waals surface area (Å²) in [5.41, 5.74) is -2.74. The topological polar surface area (TPSA) is 32.8 Å². The highest BCUT2D eigenvalue weighted by atomic mass is 19.4. The quantitative estimate of drug-likeness (QED) is 0.617. The highest BCUT2D eigenvalue weighted by molar-refractivity contribution is 5.94. The summed E-state index contributed by atoms with van der Waals surface area (Å²) in [6.07, 6.45) is -9.48. The third kappa shape index (κ3) is 5.42. The normalized spacial score (nSPS) is 15.6. The molecule has 0 atom stereocenters. The molecule has 1 fully saturated rings. The smallest absolute Gasteiger partial charge is 0.416 e. The first-order valence-electron chi connectivity index (χ1n) is 9.47. The van der Waals surface area contributed by atoms with Crippen LogP contribution in [0, 0.1) is 0 Å². The molecule has 3 rings (SSSR count). The van der Waals surface area contributed by atoms with Crippen molar-refractivity contribution in [1.29, 1.82) is 0 Å². The molecule has 1 aliphatic rings. The maximum Gasteiger partial charge on any atom is 0.416 e. The zero-order valence-electron chi connectivity index (χ0n) is 16.6. The Morgan fingerprint density at radius 2 is 1.42 bits per heavy atom. The highest BCUT2D eigenvalue weighted by Crippen LogP contribution is 2.36. The molecule has 1 heterocycles. The number of amides is 1. The zero-order valence-corrected chi connectivity index (χ0v) is 16.6. The van der Waals surface area contributed by atoms with Crippen molar-refractivity contribution in [2.24, 2.45) is 0 Å². The Labute approximate surface area is 175 Å². The summed E-state index contributed by atoms with van der Waals surface area (Å²) in [5.74, 6) is -0.173. The maximum absolute atomic E-state index is 13.1. The van der Waals surface area contributed by atoms with Crippen molar-refractivity contribution < 1.29 is 35.9 Å². The summed E-state index contributed by atoms with van der Waals surface area (Å²) < 4.78 is 83.7. The molecule has 10 heteroatoms. The van der Waals surface area contributed by atoms with Crippen LogP contribution in [-0.2, 0) is 12.4 Å². The Balaban J connectivity index is 1.81. The Bertz CT molecular complexity index is 893. The van der Waals surface area contributed by atoms with Crippen LogP contribution < -0.4 is 9.64 Å². The summed E-state index contributed by atoms with van der Waals surface area (Å²) in [7, 11) is 1.54. The van der Waals surface area contributed by atoms with Gasteiger partial charge in [0, 0.05) is 37.4 Å². The van der Waals surface area contributed by atoms with Gasteiger partial charge >= 0.3 is 12.4 Å². The van der Waals surface area contributed by atoms with E-state index >= 15 is 0 Å². The lowest BCUT2D eigenvalue weighted by Crippen LogP contribution is -2.35. The second kappa shape index (κ2) is 8.68. The third-order valence-electron chi connectivity index (χ3n) is 5.06. The average molecular weight is 446 g/mol. The van der Waals surface area contributed by atoms with E-state index in [0.717, 1.165) is 5.69 Å². The number of nitrogens with zero attached hydrogens (tertiary/aromatic N) is 2. The summed E-state index contributed by atoms with van der Waals surface area (Å²) in [6.45, 7) is 1.38. The van der Waals surface area contributed by atoms with Crippen LogP contribution in [0.25, 0.3) is 0 Å². The Hall–Kier alpha value is -2.91. The number of methoxy groups -OCH3 is 1. The van der Waals surface area contributed by atoms with E-state index in [1.807, 2.05) is 17.0 Å². The monoisotopic (exact) mass is 446 g/mol. The van der Waals surface area contributed by atoms with Gasteiger partial charge in [-0.2, -0.15) is 26.3 Å². The molecule has 1 saturated heterocycles. The minimum absolute atomic E-state index is 0.0185. The van der Waals surface area contributed by atoms with E-state index < -0.39 is 35.0 Å². The number of hydrogen-bond donors (Lipinski definition) is 0. The minimum Gasteiger partial charge on any atom is -0.497 e. The highest BCUT2D eigenvalue weighted by Gasteiger charge is 2.38. The third-order valence-corrected chi connectivity index (χ3v) is 5.06. The van der Waals surface area contributed by atoms with Gasteiger partial charge in [-0.3, -0.25) is 4.79 Å². The first-order chi connectivity index (χ1) is 14.5. The number of carbonyl (C=O) groups excluding carboxylic acids is 1.